The van der Waals surface area contributed by atoms with E-state index in [9.17, 15) is 0 Å². The first-order valence-corrected chi connectivity index (χ1v) is 6.08. The summed E-state index contributed by atoms with van der Waals surface area (Å²) in [6.07, 6.45) is 1.85. The van der Waals surface area contributed by atoms with Crippen LogP contribution in [0, 0.1) is 0 Å². The Labute approximate surface area is 101 Å². The van der Waals surface area contributed by atoms with Gasteiger partial charge in [-0.3, -0.25) is 4.98 Å². The maximum Gasteiger partial charge on any atom is 0.0758 e. The van der Waals surface area contributed by atoms with Gasteiger partial charge in [0.1, 0.15) is 0 Å². The van der Waals surface area contributed by atoms with Crippen molar-refractivity contribution in [2.24, 2.45) is 0 Å². The highest BCUT2D eigenvalue weighted by Crippen LogP contribution is 2.30. The molecule has 0 fully saturated rings. The maximum absolute atomic E-state index is 6.24. The van der Waals surface area contributed by atoms with Crippen molar-refractivity contribution in [2.75, 3.05) is 12.3 Å². The molecule has 0 bridgehead atoms. The van der Waals surface area contributed by atoms with Crippen molar-refractivity contribution in [3.05, 3.63) is 35.0 Å². The number of aryl methyl sites for hydroxylation is 1. The standard InChI is InChI=1S/C14H16N2O/c1-2-9-4-3-5-10-13(15)11-8-17-7-6-12(11)16-14(9)10/h3-5H,2,6-8H2,1H3,(H2,15,16). The molecule has 0 saturated heterocycles. The van der Waals surface area contributed by atoms with Crippen LogP contribution in [0.3, 0.4) is 0 Å². The number of hydrogen-bond acceptors (Lipinski definition) is 3. The monoisotopic (exact) mass is 228 g/mol. The molecular weight excluding hydrogens is 212 g/mol. The third-order valence-corrected chi connectivity index (χ3v) is 3.44. The Morgan fingerprint density at radius 2 is 2.29 bits per heavy atom. The maximum atomic E-state index is 6.24. The molecule has 1 aliphatic rings. The molecular formula is C14H16N2O. The Morgan fingerprint density at radius 1 is 1.41 bits per heavy atom. The van der Waals surface area contributed by atoms with Gasteiger partial charge >= 0.3 is 0 Å². The summed E-state index contributed by atoms with van der Waals surface area (Å²) < 4.78 is 5.46. The van der Waals surface area contributed by atoms with Gasteiger partial charge in [-0.25, -0.2) is 0 Å². The van der Waals surface area contributed by atoms with Crippen LogP contribution >= 0.6 is 0 Å². The Bertz CT molecular complexity index is 578. The molecule has 0 atom stereocenters. The number of para-hydroxylation sites is 1. The molecule has 1 aliphatic heterocycles. The first-order chi connectivity index (χ1) is 8.31. The van der Waals surface area contributed by atoms with E-state index < -0.39 is 0 Å². The lowest BCUT2D eigenvalue weighted by Crippen LogP contribution is -2.14. The molecule has 2 aromatic rings. The molecule has 0 unspecified atom stereocenters. The average molecular weight is 228 g/mol. The van der Waals surface area contributed by atoms with Crippen LogP contribution in [0.4, 0.5) is 5.69 Å². The van der Waals surface area contributed by atoms with Crippen molar-refractivity contribution >= 4 is 16.6 Å². The normalized spacial score (nSPS) is 14.9. The zero-order chi connectivity index (χ0) is 11.8. The Morgan fingerprint density at radius 3 is 3.12 bits per heavy atom. The summed E-state index contributed by atoms with van der Waals surface area (Å²) in [6, 6.07) is 6.22. The number of nitrogens with zero attached hydrogens (tertiary/aromatic N) is 1. The van der Waals surface area contributed by atoms with Gasteiger partial charge in [-0.2, -0.15) is 0 Å². The summed E-state index contributed by atoms with van der Waals surface area (Å²) in [6.45, 7) is 3.49. The van der Waals surface area contributed by atoms with Gasteiger partial charge in [0, 0.05) is 23.1 Å². The van der Waals surface area contributed by atoms with Crippen molar-refractivity contribution < 1.29 is 4.74 Å². The van der Waals surface area contributed by atoms with E-state index in [0.29, 0.717) is 6.61 Å². The van der Waals surface area contributed by atoms with Gasteiger partial charge in [0.05, 0.1) is 24.4 Å². The fourth-order valence-corrected chi connectivity index (χ4v) is 2.46. The number of hydrogen-bond donors (Lipinski definition) is 1. The lowest BCUT2D eigenvalue weighted by atomic mass is 10.0. The zero-order valence-corrected chi connectivity index (χ0v) is 9.99. The molecule has 0 aliphatic carbocycles. The number of anilines is 1. The number of nitrogens with two attached hydrogens (primary N) is 1. The number of rotatable bonds is 1. The number of aromatic nitrogens is 1. The van der Waals surface area contributed by atoms with Crippen molar-refractivity contribution in [2.45, 2.75) is 26.4 Å². The first kappa shape index (κ1) is 10.5. The van der Waals surface area contributed by atoms with Gasteiger partial charge in [0.2, 0.25) is 0 Å². The zero-order valence-electron chi connectivity index (χ0n) is 9.99. The minimum Gasteiger partial charge on any atom is -0.398 e. The molecule has 2 heterocycles. The minimum absolute atomic E-state index is 0.598. The van der Waals surface area contributed by atoms with Gasteiger partial charge in [-0.15, -0.1) is 0 Å². The van der Waals surface area contributed by atoms with Crippen molar-refractivity contribution in [3.8, 4) is 0 Å². The van der Waals surface area contributed by atoms with Gasteiger partial charge < -0.3 is 10.5 Å². The molecule has 1 aromatic heterocycles. The summed E-state index contributed by atoms with van der Waals surface area (Å²) >= 11 is 0. The second kappa shape index (κ2) is 4.00. The topological polar surface area (TPSA) is 48.1 Å². The van der Waals surface area contributed by atoms with E-state index in [2.05, 4.69) is 19.1 Å². The third kappa shape index (κ3) is 1.58. The predicted molar refractivity (Wildman–Crippen MR) is 68.9 cm³/mol. The van der Waals surface area contributed by atoms with Gasteiger partial charge in [-0.05, 0) is 12.0 Å². The molecule has 3 heteroatoms. The second-order valence-corrected chi connectivity index (χ2v) is 4.42. The number of pyridine rings is 1. The highest BCUT2D eigenvalue weighted by atomic mass is 16.5. The van der Waals surface area contributed by atoms with Crippen molar-refractivity contribution in [1.29, 1.82) is 0 Å². The second-order valence-electron chi connectivity index (χ2n) is 4.42. The number of ether oxygens (including phenoxy) is 1. The molecule has 0 spiro atoms. The van der Waals surface area contributed by atoms with Crippen LogP contribution in [0.15, 0.2) is 18.2 Å². The summed E-state index contributed by atoms with van der Waals surface area (Å²) in [5.41, 5.74) is 11.6. The van der Waals surface area contributed by atoms with E-state index in [-0.39, 0.29) is 0 Å². The fraction of sp³-hybridized carbons (Fsp3) is 0.357. The smallest absolute Gasteiger partial charge is 0.0758 e. The number of fused-ring (bicyclic) bond motifs is 2. The van der Waals surface area contributed by atoms with E-state index in [4.69, 9.17) is 15.5 Å². The van der Waals surface area contributed by atoms with Crippen LogP contribution in [-0.2, 0) is 24.2 Å². The van der Waals surface area contributed by atoms with Crippen LogP contribution in [0.25, 0.3) is 10.9 Å². The summed E-state index contributed by atoms with van der Waals surface area (Å²) in [5, 5.41) is 1.06. The van der Waals surface area contributed by atoms with E-state index in [1.54, 1.807) is 0 Å². The highest BCUT2D eigenvalue weighted by molar-refractivity contribution is 5.94. The van der Waals surface area contributed by atoms with Crippen LogP contribution in [0.1, 0.15) is 23.7 Å². The molecule has 1 aromatic carbocycles. The Kier molecular flexibility index (Phi) is 2.48. The molecule has 3 nitrogen and oxygen atoms in total. The lowest BCUT2D eigenvalue weighted by molar-refractivity contribution is 0.110. The van der Waals surface area contributed by atoms with E-state index in [1.807, 2.05) is 6.07 Å². The molecule has 0 amide bonds. The Balaban J connectivity index is 2.35. The molecule has 3 rings (SSSR count). The minimum atomic E-state index is 0.598. The van der Waals surface area contributed by atoms with E-state index in [0.717, 1.165) is 47.3 Å². The third-order valence-electron chi connectivity index (χ3n) is 3.44. The predicted octanol–water partition coefficient (Wildman–Crippen LogP) is 2.45. The quantitative estimate of drug-likeness (QED) is 0.815. The molecule has 88 valence electrons. The van der Waals surface area contributed by atoms with Gasteiger partial charge in [0.25, 0.3) is 0 Å². The summed E-state index contributed by atoms with van der Waals surface area (Å²) in [7, 11) is 0. The van der Waals surface area contributed by atoms with Crippen LogP contribution in [0.5, 0.6) is 0 Å². The molecule has 17 heavy (non-hydrogen) atoms. The van der Waals surface area contributed by atoms with Gasteiger partial charge in [0.15, 0.2) is 0 Å². The van der Waals surface area contributed by atoms with Crippen LogP contribution < -0.4 is 5.73 Å². The summed E-state index contributed by atoms with van der Waals surface area (Å²) in [4.78, 5) is 4.79. The van der Waals surface area contributed by atoms with Crippen molar-refractivity contribution in [3.63, 3.8) is 0 Å². The molecule has 0 saturated carbocycles. The molecule has 0 radical (unpaired) electrons. The van der Waals surface area contributed by atoms with E-state index in [1.165, 1.54) is 5.56 Å². The van der Waals surface area contributed by atoms with Crippen LogP contribution in [-0.4, -0.2) is 11.6 Å². The SMILES string of the molecule is CCc1cccc2c(N)c3c(nc12)CCOC3. The van der Waals surface area contributed by atoms with Gasteiger partial charge in [-0.1, -0.05) is 25.1 Å². The highest BCUT2D eigenvalue weighted by Gasteiger charge is 2.17. The molecule has 2 N–H and O–H groups in total. The number of nitrogen functional groups attached to an aromatic ring is 1. The first-order valence-electron chi connectivity index (χ1n) is 6.08. The van der Waals surface area contributed by atoms with Crippen molar-refractivity contribution in [1.82, 2.24) is 4.98 Å². The summed E-state index contributed by atoms with van der Waals surface area (Å²) in [5.74, 6) is 0. The lowest BCUT2D eigenvalue weighted by Gasteiger charge is -2.19. The van der Waals surface area contributed by atoms with Crippen LogP contribution in [0.2, 0.25) is 0 Å². The Hall–Kier alpha value is -1.61. The number of benzene rings is 1. The van der Waals surface area contributed by atoms with E-state index >= 15 is 0 Å². The largest absolute Gasteiger partial charge is 0.398 e. The average Bonchev–Trinajstić information content (AvgIpc) is 2.38. The fourth-order valence-electron chi connectivity index (χ4n) is 2.46.